The number of carbonyl (C=O) groups excluding carboxylic acids is 2. The van der Waals surface area contributed by atoms with Crippen molar-refractivity contribution < 1.29 is 23.5 Å². The number of benzene rings is 1. The molecule has 0 unspecified atom stereocenters. The van der Waals surface area contributed by atoms with Crippen molar-refractivity contribution >= 4 is 46.6 Å². The van der Waals surface area contributed by atoms with Crippen molar-refractivity contribution in [2.24, 2.45) is 10.2 Å². The molecule has 0 saturated carbocycles. The fourth-order valence-electron chi connectivity index (χ4n) is 1.73. The predicted octanol–water partition coefficient (Wildman–Crippen LogP) is 2.49. The first kappa shape index (κ1) is 18.9. The van der Waals surface area contributed by atoms with Crippen LogP contribution in [0.2, 0.25) is 5.02 Å². The highest BCUT2D eigenvalue weighted by Gasteiger charge is 2.25. The number of hydrogen-bond donors (Lipinski definition) is 1. The van der Waals surface area contributed by atoms with Crippen molar-refractivity contribution in [2.75, 3.05) is 13.7 Å². The van der Waals surface area contributed by atoms with E-state index < -0.39 is 17.7 Å². The molecule has 2 rings (SSSR count). The maximum absolute atomic E-state index is 13.9. The minimum atomic E-state index is -0.651. The van der Waals surface area contributed by atoms with Crippen LogP contribution in [0.25, 0.3) is 0 Å². The van der Waals surface area contributed by atoms with E-state index in [2.05, 4.69) is 20.3 Å². The normalized spacial score (nSPS) is 17.4. The fourth-order valence-corrected chi connectivity index (χ4v) is 2.74. The Balaban J connectivity index is 2.11. The van der Waals surface area contributed by atoms with Gasteiger partial charge >= 0.3 is 5.97 Å². The molecule has 1 fully saturated rings. The van der Waals surface area contributed by atoms with Crippen LogP contribution in [0.1, 0.15) is 12.5 Å². The molecule has 0 bridgehead atoms. The van der Waals surface area contributed by atoms with Gasteiger partial charge in [-0.1, -0.05) is 11.6 Å². The van der Waals surface area contributed by atoms with Crippen LogP contribution in [0.5, 0.6) is 5.75 Å². The Morgan fingerprint density at radius 2 is 2.24 bits per heavy atom. The number of ether oxygens (including phenoxy) is 2. The van der Waals surface area contributed by atoms with Crippen molar-refractivity contribution in [1.29, 1.82) is 0 Å². The fraction of sp³-hybridized carbons (Fsp3) is 0.200. The number of methoxy groups -OCH3 is 1. The van der Waals surface area contributed by atoms with Gasteiger partial charge < -0.3 is 9.47 Å². The number of carbonyl (C=O) groups is 2. The van der Waals surface area contributed by atoms with E-state index >= 15 is 0 Å². The predicted molar refractivity (Wildman–Crippen MR) is 93.4 cm³/mol. The molecule has 10 heteroatoms. The Morgan fingerprint density at radius 1 is 1.48 bits per heavy atom. The van der Waals surface area contributed by atoms with Crippen LogP contribution in [-0.4, -0.2) is 37.0 Å². The van der Waals surface area contributed by atoms with Gasteiger partial charge in [-0.3, -0.25) is 10.1 Å². The second kappa shape index (κ2) is 8.63. The molecule has 0 atom stereocenters. The van der Waals surface area contributed by atoms with Crippen LogP contribution in [0.4, 0.5) is 4.39 Å². The summed E-state index contributed by atoms with van der Waals surface area (Å²) in [4.78, 5) is 22.9. The third-order valence-corrected chi connectivity index (χ3v) is 3.95. The zero-order valence-electron chi connectivity index (χ0n) is 13.2. The number of hydrogen-bond acceptors (Lipinski definition) is 7. The molecule has 132 valence electrons. The maximum Gasteiger partial charge on any atom is 0.331 e. The van der Waals surface area contributed by atoms with Crippen molar-refractivity contribution in [3.63, 3.8) is 0 Å². The van der Waals surface area contributed by atoms with E-state index in [0.29, 0.717) is 5.56 Å². The first-order valence-electron chi connectivity index (χ1n) is 6.96. The summed E-state index contributed by atoms with van der Waals surface area (Å²) in [5.74, 6) is -1.78. The Kier molecular flexibility index (Phi) is 6.54. The molecule has 1 aliphatic rings. The number of thioether (sulfide) groups is 1. The summed E-state index contributed by atoms with van der Waals surface area (Å²) in [6, 6.07) is 2.67. The third kappa shape index (κ3) is 5.04. The van der Waals surface area contributed by atoms with Crippen LogP contribution in [0.3, 0.4) is 0 Å². The second-order valence-corrected chi connectivity index (χ2v) is 5.92. The van der Waals surface area contributed by atoms with Gasteiger partial charge in [0.1, 0.15) is 0 Å². The van der Waals surface area contributed by atoms with E-state index in [1.807, 2.05) is 0 Å². The molecule has 1 amide bonds. The van der Waals surface area contributed by atoms with Crippen LogP contribution in [0, 0.1) is 5.82 Å². The Bertz CT molecular complexity index is 772. The molecule has 7 nitrogen and oxygen atoms in total. The molecule has 1 aliphatic heterocycles. The lowest BCUT2D eigenvalue weighted by Gasteiger charge is -2.07. The average molecular weight is 386 g/mol. The van der Waals surface area contributed by atoms with Gasteiger partial charge in [0.2, 0.25) is 0 Å². The van der Waals surface area contributed by atoms with Crippen LogP contribution in [0.15, 0.2) is 33.3 Å². The molecule has 25 heavy (non-hydrogen) atoms. The summed E-state index contributed by atoms with van der Waals surface area (Å²) in [5, 5.41) is 10.3. The lowest BCUT2D eigenvalue weighted by Crippen LogP contribution is -2.19. The molecule has 1 aromatic rings. The first-order chi connectivity index (χ1) is 11.9. The molecular formula is C15H13ClFN3O4S. The minimum absolute atomic E-state index is 0.0242. The molecule has 0 spiro atoms. The van der Waals surface area contributed by atoms with Crippen molar-refractivity contribution in [1.82, 2.24) is 5.32 Å². The Labute approximate surface area is 151 Å². The molecule has 1 saturated heterocycles. The van der Waals surface area contributed by atoms with Gasteiger partial charge in [0.25, 0.3) is 5.91 Å². The van der Waals surface area contributed by atoms with Crippen molar-refractivity contribution in [3.05, 3.63) is 39.5 Å². The monoisotopic (exact) mass is 385 g/mol. The zero-order valence-corrected chi connectivity index (χ0v) is 14.8. The number of halogens is 2. The van der Waals surface area contributed by atoms with E-state index in [-0.39, 0.29) is 27.5 Å². The number of amides is 1. The molecule has 1 heterocycles. The number of amidine groups is 1. The summed E-state index contributed by atoms with van der Waals surface area (Å²) >= 11 is 6.87. The lowest BCUT2D eigenvalue weighted by molar-refractivity contribution is -0.135. The van der Waals surface area contributed by atoms with Crippen molar-refractivity contribution in [2.45, 2.75) is 6.92 Å². The largest absolute Gasteiger partial charge is 0.489 e. The van der Waals surface area contributed by atoms with E-state index in [4.69, 9.17) is 16.3 Å². The summed E-state index contributed by atoms with van der Waals surface area (Å²) in [6.07, 6.45) is 2.32. The average Bonchev–Trinajstić information content (AvgIpc) is 2.90. The minimum Gasteiger partial charge on any atom is -0.489 e. The van der Waals surface area contributed by atoms with Gasteiger partial charge in [-0.25, -0.2) is 9.18 Å². The number of esters is 1. The molecule has 1 N–H and O–H groups in total. The third-order valence-electron chi connectivity index (χ3n) is 2.77. The van der Waals surface area contributed by atoms with Gasteiger partial charge in [-0.2, -0.15) is 5.10 Å². The van der Waals surface area contributed by atoms with Gasteiger partial charge in [0, 0.05) is 6.08 Å². The highest BCUT2D eigenvalue weighted by molar-refractivity contribution is 8.18. The highest BCUT2D eigenvalue weighted by Crippen LogP contribution is 2.29. The second-order valence-electron chi connectivity index (χ2n) is 4.48. The topological polar surface area (TPSA) is 89.4 Å². The van der Waals surface area contributed by atoms with E-state index in [1.165, 1.54) is 25.5 Å². The molecule has 1 aromatic carbocycles. The van der Waals surface area contributed by atoms with Gasteiger partial charge in [0.05, 0.1) is 29.9 Å². The molecule has 0 aromatic heterocycles. The highest BCUT2D eigenvalue weighted by atomic mass is 35.5. The lowest BCUT2D eigenvalue weighted by atomic mass is 10.2. The smallest absolute Gasteiger partial charge is 0.331 e. The molecule has 0 aliphatic carbocycles. The van der Waals surface area contributed by atoms with Gasteiger partial charge in [-0.05, 0) is 36.4 Å². The zero-order chi connectivity index (χ0) is 18.4. The summed E-state index contributed by atoms with van der Waals surface area (Å²) < 4.78 is 23.4. The van der Waals surface area contributed by atoms with Crippen LogP contribution < -0.4 is 10.1 Å². The summed E-state index contributed by atoms with van der Waals surface area (Å²) in [6.45, 7) is 2.01. The summed E-state index contributed by atoms with van der Waals surface area (Å²) in [7, 11) is 1.21. The number of nitrogens with zero attached hydrogens (tertiary/aromatic N) is 2. The maximum atomic E-state index is 13.9. The van der Waals surface area contributed by atoms with Gasteiger partial charge in [-0.15, -0.1) is 5.10 Å². The molecular weight excluding hydrogens is 373 g/mol. The quantitative estimate of drug-likeness (QED) is 0.364. The molecule has 0 radical (unpaired) electrons. The van der Waals surface area contributed by atoms with E-state index in [1.54, 1.807) is 6.92 Å². The standard InChI is InChI=1S/C15H13ClFN3O4S/c1-3-24-13-9(16)4-8(5-10(13)17)7-18-20-15-19-14(22)11(25-15)6-12(21)23-2/h4-7H,3H2,1-2H3,(H,19,20,22)/b11-6+,18-7?. The Morgan fingerprint density at radius 3 is 2.88 bits per heavy atom. The van der Waals surface area contributed by atoms with Crippen molar-refractivity contribution in [3.8, 4) is 5.75 Å². The van der Waals surface area contributed by atoms with E-state index in [0.717, 1.165) is 17.8 Å². The summed E-state index contributed by atoms with van der Waals surface area (Å²) in [5.41, 5.74) is 0.370. The Hall–Kier alpha value is -2.39. The van der Waals surface area contributed by atoms with Crippen LogP contribution in [-0.2, 0) is 14.3 Å². The van der Waals surface area contributed by atoms with Gasteiger partial charge in [0.15, 0.2) is 16.7 Å². The van der Waals surface area contributed by atoms with Crippen LogP contribution >= 0.6 is 23.4 Å². The first-order valence-corrected chi connectivity index (χ1v) is 8.15. The SMILES string of the molecule is CCOc1c(F)cc(C=N/N=C2/NC(=O)/C(=C\C(=O)OC)S2)cc1Cl. The number of nitrogens with one attached hydrogen (secondary N) is 1. The van der Waals surface area contributed by atoms with E-state index in [9.17, 15) is 14.0 Å². The number of rotatable bonds is 5.